The van der Waals surface area contributed by atoms with Crippen molar-refractivity contribution in [2.24, 2.45) is 5.92 Å². The highest BCUT2D eigenvalue weighted by atomic mass is 35.5. The molecule has 1 saturated carbocycles. The molecule has 3 aromatic rings. The molecule has 2 aromatic carbocycles. The van der Waals surface area contributed by atoms with Gasteiger partial charge in [-0.2, -0.15) is 0 Å². The Morgan fingerprint density at radius 1 is 1.08 bits per heavy atom. The molecule has 0 aliphatic heterocycles. The topological polar surface area (TPSA) is 95.2 Å². The maximum Gasteiger partial charge on any atom is 0.305 e. The Bertz CT molecular complexity index is 1210. The van der Waals surface area contributed by atoms with Gasteiger partial charge < -0.3 is 20.1 Å². The van der Waals surface area contributed by atoms with Crippen LogP contribution in [0.15, 0.2) is 48.5 Å². The van der Waals surface area contributed by atoms with Gasteiger partial charge in [-0.05, 0) is 60.6 Å². The van der Waals surface area contributed by atoms with Gasteiger partial charge in [-0.1, -0.05) is 41.4 Å². The first-order chi connectivity index (χ1) is 17.2. The normalized spacial score (nSPS) is 14.2. The van der Waals surface area contributed by atoms with Crippen molar-refractivity contribution in [1.29, 1.82) is 0 Å². The molecule has 1 heterocycles. The summed E-state index contributed by atoms with van der Waals surface area (Å²) in [5, 5.41) is 30.1. The Kier molecular flexibility index (Phi) is 8.34. The van der Waals surface area contributed by atoms with E-state index in [-0.39, 0.29) is 30.8 Å². The van der Waals surface area contributed by atoms with Crippen LogP contribution in [0.2, 0.25) is 10.0 Å². The zero-order chi connectivity index (χ0) is 25.8. The SMILES string of the molecule is Cc1cc(CN(CC2CC2)[C@@H](CC(=O)O)c2ccc(Cl)c(Cl)c2)ccc1OCCn1c(O)ccc1O. The smallest absolute Gasteiger partial charge is 0.305 e. The van der Waals surface area contributed by atoms with Gasteiger partial charge in [0.2, 0.25) is 0 Å². The largest absolute Gasteiger partial charge is 0.494 e. The molecule has 0 saturated heterocycles. The summed E-state index contributed by atoms with van der Waals surface area (Å²) >= 11 is 12.4. The lowest BCUT2D eigenvalue weighted by atomic mass is 10.00. The molecule has 1 aliphatic rings. The van der Waals surface area contributed by atoms with Gasteiger partial charge in [-0.25, -0.2) is 0 Å². The van der Waals surface area contributed by atoms with Gasteiger partial charge >= 0.3 is 5.97 Å². The van der Waals surface area contributed by atoms with Crippen LogP contribution in [-0.2, 0) is 17.9 Å². The number of carbonyl (C=O) groups is 1. The molecule has 0 amide bonds. The summed E-state index contributed by atoms with van der Waals surface area (Å²) in [7, 11) is 0. The summed E-state index contributed by atoms with van der Waals surface area (Å²) < 4.78 is 7.25. The van der Waals surface area contributed by atoms with E-state index in [1.54, 1.807) is 12.1 Å². The number of carboxylic acid groups (broad SMARTS) is 1. The summed E-state index contributed by atoms with van der Waals surface area (Å²) in [6.07, 6.45) is 2.26. The van der Waals surface area contributed by atoms with E-state index >= 15 is 0 Å². The predicted octanol–water partition coefficient (Wildman–Crippen LogP) is 6.02. The lowest BCUT2D eigenvalue weighted by Gasteiger charge is -2.32. The van der Waals surface area contributed by atoms with Crippen LogP contribution in [-0.4, -0.2) is 43.9 Å². The number of aromatic nitrogens is 1. The Labute approximate surface area is 220 Å². The third-order valence-corrected chi connectivity index (χ3v) is 7.20. The molecule has 1 aromatic heterocycles. The van der Waals surface area contributed by atoms with Crippen LogP contribution in [0.25, 0.3) is 0 Å². The molecule has 7 nitrogen and oxygen atoms in total. The number of nitrogens with zero attached hydrogens (tertiary/aromatic N) is 2. The predicted molar refractivity (Wildman–Crippen MR) is 139 cm³/mol. The number of hydrogen-bond acceptors (Lipinski definition) is 5. The molecule has 192 valence electrons. The first-order valence-electron chi connectivity index (χ1n) is 11.9. The third kappa shape index (κ3) is 6.66. The molecule has 4 rings (SSSR count). The molecule has 3 N–H and O–H groups in total. The number of aliphatic carboxylic acids is 1. The lowest BCUT2D eigenvalue weighted by Crippen LogP contribution is -2.32. The molecule has 1 aliphatic carbocycles. The van der Waals surface area contributed by atoms with Crippen LogP contribution in [0.5, 0.6) is 17.5 Å². The van der Waals surface area contributed by atoms with Crippen LogP contribution >= 0.6 is 23.2 Å². The highest BCUT2D eigenvalue weighted by Gasteiger charge is 2.30. The van der Waals surface area contributed by atoms with Crippen LogP contribution in [0.3, 0.4) is 0 Å². The quantitative estimate of drug-likeness (QED) is 0.264. The number of halogens is 2. The molecular formula is C27H30Cl2N2O5. The number of aromatic hydroxyl groups is 2. The Morgan fingerprint density at radius 2 is 1.81 bits per heavy atom. The number of carboxylic acids is 1. The summed E-state index contributed by atoms with van der Waals surface area (Å²) in [6, 6.07) is 13.8. The standard InChI is InChI=1S/C27H30Cl2N2O5/c1-17-12-19(4-7-24(17)36-11-10-31-25(32)8-9-26(31)33)16-30(15-18-2-3-18)23(14-27(34)35)20-5-6-21(28)22(29)13-20/h4-9,12-13,18,23,32-33H,2-3,10-11,14-16H2,1H3,(H,34,35)/t23-/m0/s1. The van der Waals surface area contributed by atoms with E-state index in [9.17, 15) is 20.1 Å². The maximum absolute atomic E-state index is 11.8. The summed E-state index contributed by atoms with van der Waals surface area (Å²) in [5.41, 5.74) is 2.83. The van der Waals surface area contributed by atoms with Gasteiger partial charge in [0, 0.05) is 31.3 Å². The second-order valence-electron chi connectivity index (χ2n) is 9.31. The Hall–Kier alpha value is -2.87. The molecular weight excluding hydrogens is 503 g/mol. The molecule has 0 radical (unpaired) electrons. The van der Waals surface area contributed by atoms with E-state index in [2.05, 4.69) is 4.90 Å². The van der Waals surface area contributed by atoms with E-state index in [1.807, 2.05) is 31.2 Å². The number of aryl methyl sites for hydroxylation is 1. The summed E-state index contributed by atoms with van der Waals surface area (Å²) in [6.45, 7) is 3.94. The fourth-order valence-corrected chi connectivity index (χ4v) is 4.71. The van der Waals surface area contributed by atoms with E-state index in [4.69, 9.17) is 27.9 Å². The van der Waals surface area contributed by atoms with Gasteiger partial charge in [-0.3, -0.25) is 14.3 Å². The van der Waals surface area contributed by atoms with E-state index in [0.717, 1.165) is 36.1 Å². The third-order valence-electron chi connectivity index (χ3n) is 6.46. The number of hydrogen-bond donors (Lipinski definition) is 3. The minimum Gasteiger partial charge on any atom is -0.494 e. The fraction of sp³-hybridized carbons (Fsp3) is 0.370. The van der Waals surface area contributed by atoms with Crippen molar-refractivity contribution < 1.29 is 24.9 Å². The first kappa shape index (κ1) is 26.2. The number of ether oxygens (including phenoxy) is 1. The molecule has 1 fully saturated rings. The Balaban J connectivity index is 1.49. The van der Waals surface area contributed by atoms with Crippen molar-refractivity contribution in [2.45, 2.75) is 45.3 Å². The zero-order valence-electron chi connectivity index (χ0n) is 20.0. The average Bonchev–Trinajstić information content (AvgIpc) is 3.59. The van der Waals surface area contributed by atoms with Crippen molar-refractivity contribution in [3.63, 3.8) is 0 Å². The number of benzene rings is 2. The molecule has 36 heavy (non-hydrogen) atoms. The average molecular weight is 533 g/mol. The fourth-order valence-electron chi connectivity index (χ4n) is 4.41. The van der Waals surface area contributed by atoms with Crippen molar-refractivity contribution in [3.8, 4) is 17.5 Å². The van der Waals surface area contributed by atoms with Crippen molar-refractivity contribution in [1.82, 2.24) is 9.47 Å². The monoisotopic (exact) mass is 532 g/mol. The van der Waals surface area contributed by atoms with Gasteiger partial charge in [-0.15, -0.1) is 0 Å². The van der Waals surface area contributed by atoms with Gasteiger partial charge in [0.1, 0.15) is 12.4 Å². The Morgan fingerprint density at radius 3 is 2.42 bits per heavy atom. The van der Waals surface area contributed by atoms with Gasteiger partial charge in [0.15, 0.2) is 11.8 Å². The van der Waals surface area contributed by atoms with E-state index < -0.39 is 5.97 Å². The lowest BCUT2D eigenvalue weighted by molar-refractivity contribution is -0.138. The highest BCUT2D eigenvalue weighted by Crippen LogP contribution is 2.37. The number of rotatable bonds is 12. The summed E-state index contributed by atoms with van der Waals surface area (Å²) in [4.78, 5) is 14.0. The highest BCUT2D eigenvalue weighted by molar-refractivity contribution is 6.42. The van der Waals surface area contributed by atoms with Crippen LogP contribution < -0.4 is 4.74 Å². The van der Waals surface area contributed by atoms with Crippen molar-refractivity contribution in [3.05, 3.63) is 75.3 Å². The summed E-state index contributed by atoms with van der Waals surface area (Å²) in [5.74, 6) is 0.375. The van der Waals surface area contributed by atoms with Gasteiger partial charge in [0.05, 0.1) is 23.0 Å². The van der Waals surface area contributed by atoms with Crippen molar-refractivity contribution >= 4 is 29.2 Å². The second kappa shape index (κ2) is 11.5. The molecule has 0 unspecified atom stereocenters. The molecule has 0 bridgehead atoms. The second-order valence-corrected chi connectivity index (χ2v) is 10.1. The first-order valence-corrected chi connectivity index (χ1v) is 12.7. The zero-order valence-corrected chi connectivity index (χ0v) is 21.5. The minimum atomic E-state index is -0.869. The van der Waals surface area contributed by atoms with Crippen LogP contribution in [0, 0.1) is 12.8 Å². The van der Waals surface area contributed by atoms with Crippen molar-refractivity contribution in [2.75, 3.05) is 13.2 Å². The molecule has 9 heteroatoms. The minimum absolute atomic E-state index is 0.0168. The molecule has 0 spiro atoms. The molecule has 1 atom stereocenters. The van der Waals surface area contributed by atoms with Gasteiger partial charge in [0.25, 0.3) is 0 Å². The van der Waals surface area contributed by atoms with Crippen LogP contribution in [0.4, 0.5) is 0 Å². The van der Waals surface area contributed by atoms with E-state index in [1.165, 1.54) is 16.7 Å². The van der Waals surface area contributed by atoms with E-state index in [0.29, 0.717) is 34.8 Å². The maximum atomic E-state index is 11.8. The van der Waals surface area contributed by atoms with Crippen LogP contribution in [0.1, 0.15) is 42.0 Å².